The molecule has 5 heteroatoms. The van der Waals surface area contributed by atoms with E-state index in [-0.39, 0.29) is 6.04 Å². The highest BCUT2D eigenvalue weighted by molar-refractivity contribution is 6.30. The minimum atomic E-state index is 0.278. The van der Waals surface area contributed by atoms with Gasteiger partial charge in [0.1, 0.15) is 0 Å². The first-order chi connectivity index (χ1) is 10.2. The highest BCUT2D eigenvalue weighted by atomic mass is 35.5. The maximum Gasteiger partial charge on any atom is 0.0479 e. The number of nitrogens with two attached hydrogens (primary N) is 1. The Kier molecular flexibility index (Phi) is 4.82. The van der Waals surface area contributed by atoms with Crippen LogP contribution < -0.4 is 11.1 Å². The van der Waals surface area contributed by atoms with Gasteiger partial charge in [-0.05, 0) is 43.3 Å². The molecule has 2 heterocycles. The number of nitrogens with zero attached hydrogens (tertiary/aromatic N) is 2. The Labute approximate surface area is 132 Å². The number of likely N-dealkylation sites (N-methyl/N-ethyl adjacent to an activating group) is 1. The average Bonchev–Trinajstić information content (AvgIpc) is 2.75. The highest BCUT2D eigenvalue weighted by Gasteiger charge is 2.33. The van der Waals surface area contributed by atoms with Gasteiger partial charge in [0, 0.05) is 49.8 Å². The van der Waals surface area contributed by atoms with E-state index in [1.165, 1.54) is 17.5 Å². The van der Waals surface area contributed by atoms with Gasteiger partial charge in [0.25, 0.3) is 0 Å². The quantitative estimate of drug-likeness (QED) is 0.871. The summed E-state index contributed by atoms with van der Waals surface area (Å²) in [6.45, 7) is 6.13. The SMILES string of the molecule is CN1CC(N2CCCNCC2)c2ccc(Cl)cc2C1CN. The molecule has 2 atom stereocenters. The number of rotatable bonds is 2. The van der Waals surface area contributed by atoms with Crippen LogP contribution in [0.5, 0.6) is 0 Å². The van der Waals surface area contributed by atoms with Crippen LogP contribution in [-0.4, -0.2) is 56.1 Å². The highest BCUT2D eigenvalue weighted by Crippen LogP contribution is 2.37. The summed E-state index contributed by atoms with van der Waals surface area (Å²) in [4.78, 5) is 4.98. The summed E-state index contributed by atoms with van der Waals surface area (Å²) in [6, 6.07) is 7.05. The first kappa shape index (κ1) is 15.3. The molecule has 1 fully saturated rings. The van der Waals surface area contributed by atoms with E-state index in [0.717, 1.165) is 37.7 Å². The normalized spacial score (nSPS) is 28.1. The lowest BCUT2D eigenvalue weighted by Crippen LogP contribution is -2.45. The van der Waals surface area contributed by atoms with Gasteiger partial charge in [0.05, 0.1) is 0 Å². The second-order valence-corrected chi connectivity index (χ2v) is 6.56. The molecule has 21 heavy (non-hydrogen) atoms. The lowest BCUT2D eigenvalue weighted by Gasteiger charge is -2.43. The fourth-order valence-corrected chi connectivity index (χ4v) is 3.85. The Balaban J connectivity index is 1.95. The molecule has 2 aliphatic rings. The van der Waals surface area contributed by atoms with E-state index >= 15 is 0 Å². The molecule has 0 saturated carbocycles. The molecular weight excluding hydrogens is 284 g/mol. The van der Waals surface area contributed by atoms with Crippen LogP contribution in [0.3, 0.4) is 0 Å². The molecule has 0 aliphatic carbocycles. The molecule has 0 radical (unpaired) electrons. The van der Waals surface area contributed by atoms with Crippen LogP contribution in [-0.2, 0) is 0 Å². The minimum Gasteiger partial charge on any atom is -0.329 e. The molecule has 1 aromatic rings. The van der Waals surface area contributed by atoms with Gasteiger partial charge in [-0.25, -0.2) is 0 Å². The van der Waals surface area contributed by atoms with Gasteiger partial charge in [-0.3, -0.25) is 9.80 Å². The van der Waals surface area contributed by atoms with Crippen LogP contribution in [0.15, 0.2) is 18.2 Å². The van der Waals surface area contributed by atoms with Crippen molar-refractivity contribution in [1.29, 1.82) is 0 Å². The van der Waals surface area contributed by atoms with Gasteiger partial charge < -0.3 is 11.1 Å². The third-order valence-electron chi connectivity index (χ3n) is 4.80. The van der Waals surface area contributed by atoms with E-state index in [2.05, 4.69) is 34.3 Å². The molecule has 3 rings (SSSR count). The Morgan fingerprint density at radius 2 is 2.14 bits per heavy atom. The third-order valence-corrected chi connectivity index (χ3v) is 5.03. The topological polar surface area (TPSA) is 44.5 Å². The zero-order valence-electron chi connectivity index (χ0n) is 12.7. The van der Waals surface area contributed by atoms with Crippen LogP contribution in [0.1, 0.15) is 29.6 Å². The molecule has 116 valence electrons. The van der Waals surface area contributed by atoms with E-state index < -0.39 is 0 Å². The zero-order chi connectivity index (χ0) is 14.8. The summed E-state index contributed by atoms with van der Waals surface area (Å²) in [5.41, 5.74) is 8.72. The van der Waals surface area contributed by atoms with Gasteiger partial charge in [0.2, 0.25) is 0 Å². The number of benzene rings is 1. The first-order valence-electron chi connectivity index (χ1n) is 7.85. The standard InChI is InChI=1S/C16H25ClN4/c1-20-11-16(21-7-2-5-19-6-8-21)13-4-3-12(17)9-14(13)15(20)10-18/h3-4,9,15-16,19H,2,5-8,10-11,18H2,1H3. The van der Waals surface area contributed by atoms with E-state index in [1.54, 1.807) is 0 Å². The fraction of sp³-hybridized carbons (Fsp3) is 0.625. The number of hydrogen-bond acceptors (Lipinski definition) is 4. The second kappa shape index (κ2) is 6.63. The summed E-state index contributed by atoms with van der Waals surface area (Å²) in [5, 5.41) is 4.29. The monoisotopic (exact) mass is 308 g/mol. The zero-order valence-corrected chi connectivity index (χ0v) is 13.4. The maximum atomic E-state index is 6.22. The predicted octanol–water partition coefficient (Wildman–Crippen LogP) is 1.62. The van der Waals surface area contributed by atoms with Gasteiger partial charge in [0.15, 0.2) is 0 Å². The molecule has 2 unspecified atom stereocenters. The molecule has 0 aromatic heterocycles. The van der Waals surface area contributed by atoms with Crippen LogP contribution in [0.25, 0.3) is 0 Å². The summed E-state index contributed by atoms with van der Waals surface area (Å²) in [7, 11) is 2.17. The van der Waals surface area contributed by atoms with Crippen molar-refractivity contribution < 1.29 is 0 Å². The van der Waals surface area contributed by atoms with E-state index in [0.29, 0.717) is 12.6 Å². The Bertz CT molecular complexity index is 485. The fourth-order valence-electron chi connectivity index (χ4n) is 3.67. The summed E-state index contributed by atoms with van der Waals surface area (Å²) < 4.78 is 0. The molecule has 0 bridgehead atoms. The van der Waals surface area contributed by atoms with Gasteiger partial charge >= 0.3 is 0 Å². The van der Waals surface area contributed by atoms with E-state index in [1.807, 2.05) is 6.07 Å². The smallest absolute Gasteiger partial charge is 0.0479 e. The van der Waals surface area contributed by atoms with E-state index in [4.69, 9.17) is 17.3 Å². The lowest BCUT2D eigenvalue weighted by molar-refractivity contribution is 0.116. The first-order valence-corrected chi connectivity index (χ1v) is 8.23. The van der Waals surface area contributed by atoms with Crippen molar-refractivity contribution in [3.8, 4) is 0 Å². The van der Waals surface area contributed by atoms with Crippen molar-refractivity contribution in [2.45, 2.75) is 18.5 Å². The van der Waals surface area contributed by atoms with Gasteiger partial charge in [-0.1, -0.05) is 17.7 Å². The van der Waals surface area contributed by atoms with Crippen LogP contribution >= 0.6 is 11.6 Å². The minimum absolute atomic E-state index is 0.278. The van der Waals surface area contributed by atoms with Gasteiger partial charge in [-0.15, -0.1) is 0 Å². The second-order valence-electron chi connectivity index (χ2n) is 6.12. The maximum absolute atomic E-state index is 6.22. The van der Waals surface area contributed by atoms with Crippen molar-refractivity contribution in [2.75, 3.05) is 46.3 Å². The molecule has 1 saturated heterocycles. The largest absolute Gasteiger partial charge is 0.329 e. The van der Waals surface area contributed by atoms with Crippen molar-refractivity contribution in [1.82, 2.24) is 15.1 Å². The summed E-state index contributed by atoms with van der Waals surface area (Å²) in [6.07, 6.45) is 1.21. The molecule has 4 nitrogen and oxygen atoms in total. The molecule has 2 aliphatic heterocycles. The van der Waals surface area contributed by atoms with Crippen molar-refractivity contribution >= 4 is 11.6 Å². The van der Waals surface area contributed by atoms with Crippen LogP contribution in [0.2, 0.25) is 5.02 Å². The Morgan fingerprint density at radius 1 is 1.29 bits per heavy atom. The van der Waals surface area contributed by atoms with Gasteiger partial charge in [-0.2, -0.15) is 0 Å². The predicted molar refractivity (Wildman–Crippen MR) is 87.7 cm³/mol. The summed E-state index contributed by atoms with van der Waals surface area (Å²) in [5.74, 6) is 0. The number of halogens is 1. The van der Waals surface area contributed by atoms with Crippen LogP contribution in [0, 0.1) is 0 Å². The Hall–Kier alpha value is -0.650. The number of fused-ring (bicyclic) bond motifs is 1. The average molecular weight is 309 g/mol. The molecule has 1 aromatic carbocycles. The Morgan fingerprint density at radius 3 is 2.95 bits per heavy atom. The molecular formula is C16H25ClN4. The molecule has 0 amide bonds. The number of hydrogen-bond donors (Lipinski definition) is 2. The molecule has 3 N–H and O–H groups in total. The van der Waals surface area contributed by atoms with Crippen molar-refractivity contribution in [3.63, 3.8) is 0 Å². The lowest BCUT2D eigenvalue weighted by atomic mass is 9.88. The van der Waals surface area contributed by atoms with Crippen LogP contribution in [0.4, 0.5) is 0 Å². The van der Waals surface area contributed by atoms with Crippen molar-refractivity contribution in [3.05, 3.63) is 34.3 Å². The summed E-state index contributed by atoms with van der Waals surface area (Å²) >= 11 is 6.22. The third kappa shape index (κ3) is 3.10. The van der Waals surface area contributed by atoms with E-state index in [9.17, 15) is 0 Å². The molecule has 0 spiro atoms. The van der Waals surface area contributed by atoms with Crippen molar-refractivity contribution in [2.24, 2.45) is 5.73 Å². The number of nitrogens with one attached hydrogen (secondary N) is 1.